The summed E-state index contributed by atoms with van der Waals surface area (Å²) in [6.07, 6.45) is 6.85. The van der Waals surface area contributed by atoms with Crippen LogP contribution in [-0.4, -0.2) is 51.9 Å². The highest BCUT2D eigenvalue weighted by molar-refractivity contribution is 7.82. The summed E-state index contributed by atoms with van der Waals surface area (Å²) in [7, 11) is 0.232. The Kier molecular flexibility index (Phi) is 6.92. The molecule has 2 fully saturated rings. The molecule has 3 unspecified atom stereocenters. The average Bonchev–Trinajstić information content (AvgIpc) is 3.61. The first kappa shape index (κ1) is 28.8. The van der Waals surface area contributed by atoms with Crippen LogP contribution >= 0.6 is 0 Å². The number of carbonyl (C=O) groups excluding carboxylic acids is 1. The van der Waals surface area contributed by atoms with Gasteiger partial charge in [0.05, 0.1) is 45.7 Å². The Hall–Kier alpha value is -3.97. The lowest BCUT2D eigenvalue weighted by atomic mass is 9.60. The van der Waals surface area contributed by atoms with Crippen molar-refractivity contribution in [2.75, 3.05) is 7.05 Å². The summed E-state index contributed by atoms with van der Waals surface area (Å²) in [6.45, 7) is 0. The molecule has 4 aromatic rings. The lowest BCUT2D eigenvalue weighted by molar-refractivity contribution is -0.137. The largest absolute Gasteiger partial charge is 0.417 e. The molecular weight excluding hydrogens is 596 g/mol. The summed E-state index contributed by atoms with van der Waals surface area (Å²) in [6, 6.07) is 8.01. The van der Waals surface area contributed by atoms with Crippen LogP contribution in [0.25, 0.3) is 11.8 Å². The van der Waals surface area contributed by atoms with E-state index in [4.69, 9.17) is 0 Å². The second-order valence-electron chi connectivity index (χ2n) is 11.7. The Morgan fingerprint density at radius 2 is 1.82 bits per heavy atom. The van der Waals surface area contributed by atoms with Crippen LogP contribution in [0.2, 0.25) is 0 Å². The van der Waals surface area contributed by atoms with E-state index in [9.17, 15) is 26.6 Å². The van der Waals surface area contributed by atoms with Gasteiger partial charge >= 0.3 is 6.18 Å². The maximum Gasteiger partial charge on any atom is 0.417 e. The molecule has 3 atom stereocenters. The normalized spacial score (nSPS) is 22.3. The van der Waals surface area contributed by atoms with E-state index < -0.39 is 28.1 Å². The summed E-state index contributed by atoms with van der Waals surface area (Å²) in [4.78, 5) is 18.9. The van der Waals surface area contributed by atoms with E-state index in [2.05, 4.69) is 15.2 Å². The van der Waals surface area contributed by atoms with E-state index >= 15 is 0 Å². The van der Waals surface area contributed by atoms with E-state index in [-0.39, 0.29) is 29.8 Å². The molecule has 13 heteroatoms. The standard InChI is InChI=1S/C31H28F4N6O2S/c1-39(44(43)26-17-37-40(18-26)23-9-10-23)25-6-2-20-12-28-19(15-38-41(28)24-7-4-22(32)5-8-24)13-30(20,14-25)29(42)27-11-3-21(16-36-27)31(33,34)35/h3-5,7-8,11-12,15-18,23,25H,2,6,9-10,13-14H2,1H3. The fraction of sp³-hybridized carbons (Fsp3) is 0.355. The number of pyridine rings is 1. The predicted molar refractivity (Wildman–Crippen MR) is 154 cm³/mol. The highest BCUT2D eigenvalue weighted by Gasteiger charge is 2.51. The van der Waals surface area contributed by atoms with E-state index in [1.165, 1.54) is 12.1 Å². The first-order valence-electron chi connectivity index (χ1n) is 14.3. The predicted octanol–water partition coefficient (Wildman–Crippen LogP) is 5.97. The molecule has 0 saturated heterocycles. The van der Waals surface area contributed by atoms with Crippen LogP contribution in [0.5, 0.6) is 0 Å². The number of rotatable bonds is 7. The lowest BCUT2D eigenvalue weighted by Crippen LogP contribution is -2.48. The Balaban J connectivity index is 1.25. The lowest BCUT2D eigenvalue weighted by Gasteiger charge is -2.45. The monoisotopic (exact) mass is 624 g/mol. The number of allylic oxidation sites excluding steroid dienone is 1. The molecule has 3 aromatic heterocycles. The summed E-state index contributed by atoms with van der Waals surface area (Å²) in [5.74, 6) is -0.760. The third-order valence-corrected chi connectivity index (χ3v) is 10.4. The van der Waals surface area contributed by atoms with Crippen molar-refractivity contribution in [3.63, 3.8) is 0 Å². The zero-order valence-corrected chi connectivity index (χ0v) is 24.5. The fourth-order valence-corrected chi connectivity index (χ4v) is 7.49. The molecule has 0 bridgehead atoms. The molecule has 0 aliphatic heterocycles. The zero-order valence-electron chi connectivity index (χ0n) is 23.7. The number of alkyl halides is 3. The number of carbonyl (C=O) groups is 1. The van der Waals surface area contributed by atoms with Gasteiger partial charge in [-0.1, -0.05) is 5.57 Å². The summed E-state index contributed by atoms with van der Waals surface area (Å²) < 4.78 is 72.4. The van der Waals surface area contributed by atoms with Gasteiger partial charge in [0.25, 0.3) is 0 Å². The van der Waals surface area contributed by atoms with Gasteiger partial charge in [-0.25, -0.2) is 17.6 Å². The molecule has 44 heavy (non-hydrogen) atoms. The second kappa shape index (κ2) is 10.6. The van der Waals surface area contributed by atoms with Crippen LogP contribution in [0.4, 0.5) is 17.6 Å². The first-order chi connectivity index (χ1) is 21.0. The topological polar surface area (TPSA) is 85.9 Å². The summed E-state index contributed by atoms with van der Waals surface area (Å²) in [5, 5.41) is 8.90. The minimum atomic E-state index is -4.58. The molecule has 1 aromatic carbocycles. The SMILES string of the molecule is CN(C1CCC2=Cc3c(cnn3-c3ccc(F)cc3)CC2(C(=O)c2ccc(C(F)(F)F)cn2)C1)S(=O)c1cnn(C2CC2)c1. The van der Waals surface area contributed by atoms with E-state index in [1.54, 1.807) is 40.6 Å². The molecule has 7 rings (SSSR count). The van der Waals surface area contributed by atoms with Crippen LogP contribution < -0.4 is 0 Å². The van der Waals surface area contributed by atoms with Crippen molar-refractivity contribution in [1.29, 1.82) is 0 Å². The average molecular weight is 625 g/mol. The third kappa shape index (κ3) is 5.01. The number of hydrogen-bond donors (Lipinski definition) is 0. The van der Waals surface area contributed by atoms with Crippen LogP contribution in [0.3, 0.4) is 0 Å². The summed E-state index contributed by atoms with van der Waals surface area (Å²) in [5.41, 5.74) is 0.883. The molecule has 3 aliphatic carbocycles. The van der Waals surface area contributed by atoms with Gasteiger partial charge in [-0.15, -0.1) is 0 Å². The minimum absolute atomic E-state index is 0.0617. The molecular formula is C31H28F4N6O2S. The third-order valence-electron chi connectivity index (χ3n) is 8.94. The van der Waals surface area contributed by atoms with Gasteiger partial charge in [-0.2, -0.15) is 23.4 Å². The van der Waals surface area contributed by atoms with Crippen molar-refractivity contribution in [1.82, 2.24) is 28.9 Å². The molecule has 228 valence electrons. The number of aromatic nitrogens is 5. The van der Waals surface area contributed by atoms with Crippen molar-refractivity contribution in [2.24, 2.45) is 5.41 Å². The minimum Gasteiger partial charge on any atom is -0.291 e. The number of halogens is 4. The van der Waals surface area contributed by atoms with Crippen molar-refractivity contribution in [3.8, 4) is 5.69 Å². The Morgan fingerprint density at radius 3 is 2.50 bits per heavy atom. The van der Waals surface area contributed by atoms with Gasteiger partial charge in [0.15, 0.2) is 5.78 Å². The molecule has 2 saturated carbocycles. The van der Waals surface area contributed by atoms with Gasteiger partial charge < -0.3 is 0 Å². The van der Waals surface area contributed by atoms with Gasteiger partial charge in [-0.05, 0) is 86.6 Å². The van der Waals surface area contributed by atoms with Crippen LogP contribution in [-0.2, 0) is 23.6 Å². The van der Waals surface area contributed by atoms with E-state index in [1.807, 2.05) is 17.0 Å². The maximum atomic E-state index is 14.4. The molecule has 0 N–H and O–H groups in total. The smallest absolute Gasteiger partial charge is 0.291 e. The van der Waals surface area contributed by atoms with Crippen LogP contribution in [0.15, 0.2) is 71.7 Å². The maximum absolute atomic E-state index is 14.4. The second-order valence-corrected chi connectivity index (χ2v) is 13.3. The van der Waals surface area contributed by atoms with E-state index in [0.717, 1.165) is 41.8 Å². The van der Waals surface area contributed by atoms with Crippen molar-refractivity contribution < 1.29 is 26.6 Å². The highest BCUT2D eigenvalue weighted by atomic mass is 32.2. The van der Waals surface area contributed by atoms with Crippen molar-refractivity contribution in [3.05, 3.63) is 95.1 Å². The van der Waals surface area contributed by atoms with Gasteiger partial charge in [0, 0.05) is 25.5 Å². The highest BCUT2D eigenvalue weighted by Crippen LogP contribution is 2.51. The van der Waals surface area contributed by atoms with Crippen LogP contribution in [0, 0.1) is 11.2 Å². The van der Waals surface area contributed by atoms with Gasteiger partial charge in [-0.3, -0.25) is 14.5 Å². The first-order valence-corrected chi connectivity index (χ1v) is 15.4. The zero-order chi connectivity index (χ0) is 30.8. The Bertz CT molecular complexity index is 1790. The quantitative estimate of drug-likeness (QED) is 0.187. The number of benzene rings is 1. The summed E-state index contributed by atoms with van der Waals surface area (Å²) >= 11 is 0. The van der Waals surface area contributed by atoms with Gasteiger partial charge in [0.1, 0.15) is 22.5 Å². The van der Waals surface area contributed by atoms with E-state index in [0.29, 0.717) is 42.1 Å². The molecule has 8 nitrogen and oxygen atoms in total. The van der Waals surface area contributed by atoms with Gasteiger partial charge in [0.2, 0.25) is 0 Å². The molecule has 0 amide bonds. The number of hydrogen-bond acceptors (Lipinski definition) is 5. The molecule has 0 spiro atoms. The number of Topliss-reactive ketones (excluding diaryl/α,β-unsaturated/α-hetero) is 1. The molecule has 0 radical (unpaired) electrons. The van der Waals surface area contributed by atoms with Crippen LogP contribution in [0.1, 0.15) is 65.5 Å². The fourth-order valence-electron chi connectivity index (χ4n) is 6.37. The number of ketones is 1. The number of fused-ring (bicyclic) bond motifs is 2. The van der Waals surface area contributed by atoms with Crippen molar-refractivity contribution in [2.45, 2.75) is 61.7 Å². The Morgan fingerprint density at radius 1 is 1.05 bits per heavy atom. The van der Waals surface area contributed by atoms with Crippen molar-refractivity contribution >= 4 is 22.8 Å². The molecule has 3 aliphatic rings. The number of nitrogens with zero attached hydrogens (tertiary/aromatic N) is 6. The Labute approximate surface area is 253 Å². The molecule has 3 heterocycles.